The summed E-state index contributed by atoms with van der Waals surface area (Å²) in [6, 6.07) is 3.90. The molecule has 0 spiro atoms. The predicted octanol–water partition coefficient (Wildman–Crippen LogP) is 1.48. The molecule has 3 amide bonds. The van der Waals surface area contributed by atoms with Crippen LogP contribution in [0.2, 0.25) is 0 Å². The van der Waals surface area contributed by atoms with Gasteiger partial charge in [0.2, 0.25) is 0 Å². The molecule has 0 heterocycles. The van der Waals surface area contributed by atoms with Crippen LogP contribution in [0.25, 0.3) is 0 Å². The van der Waals surface area contributed by atoms with Crippen LogP contribution in [-0.2, 0) is 9.53 Å². The van der Waals surface area contributed by atoms with Gasteiger partial charge in [-0.05, 0) is 39.0 Å². The Bertz CT molecular complexity index is 602. The third kappa shape index (κ3) is 5.45. The summed E-state index contributed by atoms with van der Waals surface area (Å²) in [5.74, 6) is -0.550. The average molecular weight is 338 g/mol. The Morgan fingerprint density at radius 1 is 1.17 bits per heavy atom. The van der Waals surface area contributed by atoms with Crippen molar-refractivity contribution in [3.05, 3.63) is 23.8 Å². The summed E-state index contributed by atoms with van der Waals surface area (Å²) in [7, 11) is 1.45. The molecular weight excluding hydrogens is 316 g/mol. The Hall–Kier alpha value is -2.77. The third-order valence-corrected chi connectivity index (χ3v) is 2.93. The summed E-state index contributed by atoms with van der Waals surface area (Å²) in [5, 5.41) is 4.48. The summed E-state index contributed by atoms with van der Waals surface area (Å²) in [6.45, 7) is 5.75. The normalized spacial score (nSPS) is 11.2. The Morgan fingerprint density at radius 2 is 1.88 bits per heavy atom. The highest BCUT2D eigenvalue weighted by molar-refractivity contribution is 5.98. The molecule has 0 saturated heterocycles. The summed E-state index contributed by atoms with van der Waals surface area (Å²) < 4.78 is 15.6. The van der Waals surface area contributed by atoms with E-state index >= 15 is 0 Å². The lowest BCUT2D eigenvalue weighted by Crippen LogP contribution is -2.44. The van der Waals surface area contributed by atoms with Gasteiger partial charge >= 0.3 is 12.0 Å². The zero-order chi connectivity index (χ0) is 18.1. The van der Waals surface area contributed by atoms with E-state index in [1.54, 1.807) is 13.0 Å². The first-order valence-corrected chi connectivity index (χ1v) is 7.53. The molecule has 1 aromatic carbocycles. The Morgan fingerprint density at radius 3 is 2.46 bits per heavy atom. The molecule has 8 nitrogen and oxygen atoms in total. The number of urea groups is 1. The molecule has 0 saturated carbocycles. The van der Waals surface area contributed by atoms with Crippen molar-refractivity contribution in [3.8, 4) is 11.5 Å². The van der Waals surface area contributed by atoms with Crippen molar-refractivity contribution in [1.29, 1.82) is 0 Å². The molecule has 0 aromatic heterocycles. The number of carbonyl (C=O) groups is 3. The van der Waals surface area contributed by atoms with Crippen LogP contribution in [0.1, 0.15) is 31.1 Å². The Labute approximate surface area is 140 Å². The molecule has 1 atom stereocenters. The van der Waals surface area contributed by atoms with E-state index in [0.29, 0.717) is 24.7 Å². The van der Waals surface area contributed by atoms with Crippen molar-refractivity contribution in [1.82, 2.24) is 10.6 Å². The second-order valence-corrected chi connectivity index (χ2v) is 4.69. The number of carbonyl (C=O) groups excluding carboxylic acids is 3. The SMILES string of the molecule is CCNC(=O)NC(=O)[C@H](C)OC(=O)c1ccc(OCC)c(OC)c1. The zero-order valence-electron chi connectivity index (χ0n) is 14.2. The summed E-state index contributed by atoms with van der Waals surface area (Å²) >= 11 is 0. The van der Waals surface area contributed by atoms with Crippen molar-refractivity contribution in [2.75, 3.05) is 20.3 Å². The van der Waals surface area contributed by atoms with Crippen molar-refractivity contribution in [2.45, 2.75) is 26.9 Å². The smallest absolute Gasteiger partial charge is 0.339 e. The van der Waals surface area contributed by atoms with Gasteiger partial charge in [-0.3, -0.25) is 10.1 Å². The number of benzene rings is 1. The van der Waals surface area contributed by atoms with Crippen LogP contribution in [0, 0.1) is 0 Å². The van der Waals surface area contributed by atoms with E-state index in [1.165, 1.54) is 26.2 Å². The van der Waals surface area contributed by atoms with Crippen LogP contribution in [-0.4, -0.2) is 44.3 Å². The Balaban J connectivity index is 2.73. The highest BCUT2D eigenvalue weighted by Crippen LogP contribution is 2.28. The molecule has 0 bridgehead atoms. The maximum absolute atomic E-state index is 12.1. The fraction of sp³-hybridized carbons (Fsp3) is 0.438. The summed E-state index contributed by atoms with van der Waals surface area (Å²) in [5.41, 5.74) is 0.202. The van der Waals surface area contributed by atoms with Gasteiger partial charge < -0.3 is 19.5 Å². The topological polar surface area (TPSA) is 103 Å². The fourth-order valence-electron chi connectivity index (χ4n) is 1.77. The number of imide groups is 1. The third-order valence-electron chi connectivity index (χ3n) is 2.93. The summed E-state index contributed by atoms with van der Waals surface area (Å²) in [4.78, 5) is 35.2. The standard InChI is InChI=1S/C16H22N2O6/c1-5-17-16(21)18-14(19)10(3)24-15(20)11-7-8-12(23-6-2)13(9-11)22-4/h7-10H,5-6H2,1-4H3,(H2,17,18,19,21)/t10-/m0/s1. The van der Waals surface area contributed by atoms with Crippen LogP contribution in [0.5, 0.6) is 11.5 Å². The second-order valence-electron chi connectivity index (χ2n) is 4.69. The van der Waals surface area contributed by atoms with Crippen molar-refractivity contribution < 1.29 is 28.6 Å². The number of amides is 3. The van der Waals surface area contributed by atoms with Gasteiger partial charge in [-0.1, -0.05) is 0 Å². The predicted molar refractivity (Wildman–Crippen MR) is 86.3 cm³/mol. The first-order chi connectivity index (χ1) is 11.4. The van der Waals surface area contributed by atoms with E-state index in [4.69, 9.17) is 14.2 Å². The number of rotatable bonds is 7. The molecule has 1 aromatic rings. The quantitative estimate of drug-likeness (QED) is 0.730. The van der Waals surface area contributed by atoms with E-state index in [2.05, 4.69) is 10.6 Å². The minimum atomic E-state index is -1.13. The minimum absolute atomic E-state index is 0.202. The highest BCUT2D eigenvalue weighted by Gasteiger charge is 2.21. The van der Waals surface area contributed by atoms with Gasteiger partial charge in [0.1, 0.15) is 0 Å². The van der Waals surface area contributed by atoms with Crippen molar-refractivity contribution in [2.24, 2.45) is 0 Å². The van der Waals surface area contributed by atoms with Crippen LogP contribution < -0.4 is 20.1 Å². The van der Waals surface area contributed by atoms with Gasteiger partial charge in [-0.2, -0.15) is 0 Å². The lowest BCUT2D eigenvalue weighted by molar-refractivity contribution is -0.127. The molecule has 8 heteroatoms. The van der Waals surface area contributed by atoms with Crippen LogP contribution >= 0.6 is 0 Å². The zero-order valence-corrected chi connectivity index (χ0v) is 14.2. The molecule has 24 heavy (non-hydrogen) atoms. The van der Waals surface area contributed by atoms with Gasteiger partial charge in [0.25, 0.3) is 5.91 Å². The lowest BCUT2D eigenvalue weighted by Gasteiger charge is -2.14. The molecule has 0 radical (unpaired) electrons. The van der Waals surface area contributed by atoms with Gasteiger partial charge in [0.15, 0.2) is 17.6 Å². The number of methoxy groups -OCH3 is 1. The average Bonchev–Trinajstić information content (AvgIpc) is 2.55. The molecule has 0 aliphatic carbocycles. The largest absolute Gasteiger partial charge is 0.493 e. The highest BCUT2D eigenvalue weighted by atomic mass is 16.5. The molecule has 132 valence electrons. The number of ether oxygens (including phenoxy) is 3. The number of esters is 1. The second kappa shape index (κ2) is 9.39. The molecule has 0 fully saturated rings. The van der Waals surface area contributed by atoms with E-state index in [-0.39, 0.29) is 5.56 Å². The van der Waals surface area contributed by atoms with E-state index in [1.807, 2.05) is 6.92 Å². The molecule has 0 aliphatic rings. The van der Waals surface area contributed by atoms with E-state index < -0.39 is 24.0 Å². The van der Waals surface area contributed by atoms with E-state index in [0.717, 1.165) is 0 Å². The van der Waals surface area contributed by atoms with Crippen LogP contribution in [0.3, 0.4) is 0 Å². The van der Waals surface area contributed by atoms with Crippen LogP contribution in [0.4, 0.5) is 4.79 Å². The van der Waals surface area contributed by atoms with Gasteiger partial charge in [-0.15, -0.1) is 0 Å². The van der Waals surface area contributed by atoms with Gasteiger partial charge in [-0.25, -0.2) is 9.59 Å². The molecular formula is C16H22N2O6. The molecule has 2 N–H and O–H groups in total. The van der Waals surface area contributed by atoms with E-state index in [9.17, 15) is 14.4 Å². The molecule has 0 unspecified atom stereocenters. The number of nitrogens with one attached hydrogen (secondary N) is 2. The van der Waals surface area contributed by atoms with Gasteiger partial charge in [0, 0.05) is 6.54 Å². The Kier molecular flexibility index (Phi) is 7.54. The maximum atomic E-state index is 12.1. The van der Waals surface area contributed by atoms with Crippen LogP contribution in [0.15, 0.2) is 18.2 Å². The maximum Gasteiger partial charge on any atom is 0.339 e. The lowest BCUT2D eigenvalue weighted by atomic mass is 10.2. The van der Waals surface area contributed by atoms with Crippen molar-refractivity contribution >= 4 is 17.9 Å². The first-order valence-electron chi connectivity index (χ1n) is 7.53. The van der Waals surface area contributed by atoms with Gasteiger partial charge in [0.05, 0.1) is 19.3 Å². The monoisotopic (exact) mass is 338 g/mol. The number of hydrogen-bond acceptors (Lipinski definition) is 6. The molecule has 0 aliphatic heterocycles. The number of hydrogen-bond donors (Lipinski definition) is 2. The minimum Gasteiger partial charge on any atom is -0.493 e. The van der Waals surface area contributed by atoms with Crippen molar-refractivity contribution in [3.63, 3.8) is 0 Å². The molecule has 1 rings (SSSR count). The fourth-order valence-corrected chi connectivity index (χ4v) is 1.77. The summed E-state index contributed by atoms with van der Waals surface area (Å²) in [6.07, 6.45) is -1.13. The first kappa shape index (κ1) is 19.3.